The molecule has 27 heavy (non-hydrogen) atoms. The van der Waals surface area contributed by atoms with E-state index >= 15 is 0 Å². The molecule has 1 aliphatic heterocycles. The molecular weight excluding hydrogens is 340 g/mol. The highest BCUT2D eigenvalue weighted by atomic mass is 16.2. The number of para-hydroxylation sites is 1. The van der Waals surface area contributed by atoms with Gasteiger partial charge in [0.25, 0.3) is 0 Å². The summed E-state index contributed by atoms with van der Waals surface area (Å²) in [7, 11) is 0. The molecule has 0 spiro atoms. The van der Waals surface area contributed by atoms with Crippen LogP contribution in [0, 0.1) is 5.92 Å². The number of nitrogens with one attached hydrogen (secondary N) is 3. The number of anilines is 1. The number of carbonyl (C=O) groups excluding carboxylic acids is 2. The first-order chi connectivity index (χ1) is 13.1. The summed E-state index contributed by atoms with van der Waals surface area (Å²) >= 11 is 0. The number of hydrogen-bond acceptors (Lipinski definition) is 3. The van der Waals surface area contributed by atoms with Crippen LogP contribution in [0.1, 0.15) is 45.4 Å². The van der Waals surface area contributed by atoms with Crippen molar-refractivity contribution in [2.75, 3.05) is 25.0 Å². The second kappa shape index (κ2) is 9.74. The minimum absolute atomic E-state index is 0.141. The molecule has 0 unspecified atom stereocenters. The molecule has 1 saturated heterocycles. The molecule has 1 aromatic carbocycles. The first kappa shape index (κ1) is 19.7. The van der Waals surface area contributed by atoms with Crippen LogP contribution in [0.15, 0.2) is 30.3 Å². The third-order valence-electron chi connectivity index (χ3n) is 5.78. The minimum Gasteiger partial charge on any atom is -0.352 e. The standard InChI is InChI=1S/C21H32N4O2/c1-16-7-5-6-10-19(16)24-20(26)15-25-13-11-18(12-14-25)23-21(27)22-17-8-3-2-4-9-17/h2-4,8-9,16,18-19H,5-7,10-15H2,1H3,(H,24,26)(H2,22,23,27)/t16-,19-/m1/s1. The van der Waals surface area contributed by atoms with Crippen molar-refractivity contribution >= 4 is 17.6 Å². The molecule has 3 amide bonds. The summed E-state index contributed by atoms with van der Waals surface area (Å²) in [5.74, 6) is 0.725. The number of amides is 3. The van der Waals surface area contributed by atoms with E-state index in [0.717, 1.165) is 38.0 Å². The molecule has 6 nitrogen and oxygen atoms in total. The number of hydrogen-bond donors (Lipinski definition) is 3. The van der Waals surface area contributed by atoms with Crippen molar-refractivity contribution in [3.63, 3.8) is 0 Å². The predicted octanol–water partition coefficient (Wildman–Crippen LogP) is 2.97. The Labute approximate surface area is 162 Å². The molecule has 1 aliphatic carbocycles. The van der Waals surface area contributed by atoms with E-state index in [2.05, 4.69) is 27.8 Å². The van der Waals surface area contributed by atoms with Gasteiger partial charge >= 0.3 is 6.03 Å². The first-order valence-electron chi connectivity index (χ1n) is 10.2. The van der Waals surface area contributed by atoms with Crippen molar-refractivity contribution in [3.05, 3.63) is 30.3 Å². The van der Waals surface area contributed by atoms with E-state index in [0.29, 0.717) is 18.5 Å². The summed E-state index contributed by atoms with van der Waals surface area (Å²) in [6, 6.07) is 9.79. The van der Waals surface area contributed by atoms with Gasteiger partial charge < -0.3 is 16.0 Å². The molecule has 1 aromatic rings. The first-order valence-corrected chi connectivity index (χ1v) is 10.2. The summed E-state index contributed by atoms with van der Waals surface area (Å²) in [5.41, 5.74) is 0.793. The predicted molar refractivity (Wildman–Crippen MR) is 108 cm³/mol. The number of rotatable bonds is 5. The van der Waals surface area contributed by atoms with Gasteiger partial charge in [0.1, 0.15) is 0 Å². The Bertz CT molecular complexity index is 614. The van der Waals surface area contributed by atoms with E-state index < -0.39 is 0 Å². The molecule has 3 N–H and O–H groups in total. The Kier molecular flexibility index (Phi) is 7.10. The third-order valence-corrected chi connectivity index (χ3v) is 5.78. The topological polar surface area (TPSA) is 73.5 Å². The average Bonchev–Trinajstić information content (AvgIpc) is 2.66. The number of nitrogens with zero attached hydrogens (tertiary/aromatic N) is 1. The Balaban J connectivity index is 1.34. The van der Waals surface area contributed by atoms with Gasteiger partial charge in [-0.1, -0.05) is 38.0 Å². The van der Waals surface area contributed by atoms with Gasteiger partial charge in [-0.05, 0) is 43.7 Å². The largest absolute Gasteiger partial charge is 0.352 e. The zero-order valence-electron chi connectivity index (χ0n) is 16.2. The van der Waals surface area contributed by atoms with Gasteiger partial charge in [-0.15, -0.1) is 0 Å². The number of likely N-dealkylation sites (tertiary alicyclic amines) is 1. The lowest BCUT2D eigenvalue weighted by Gasteiger charge is -2.33. The normalized spacial score (nSPS) is 24.2. The van der Waals surface area contributed by atoms with Crippen molar-refractivity contribution in [1.29, 1.82) is 0 Å². The van der Waals surface area contributed by atoms with E-state index in [1.807, 2.05) is 30.3 Å². The molecule has 2 fully saturated rings. The molecule has 0 radical (unpaired) electrons. The van der Waals surface area contributed by atoms with Gasteiger partial charge in [-0.2, -0.15) is 0 Å². The van der Waals surface area contributed by atoms with Gasteiger partial charge in [-0.25, -0.2) is 4.79 Å². The zero-order valence-corrected chi connectivity index (χ0v) is 16.2. The second-order valence-electron chi connectivity index (χ2n) is 7.95. The molecule has 6 heteroatoms. The van der Waals surface area contributed by atoms with E-state index in [1.165, 1.54) is 19.3 Å². The third kappa shape index (κ3) is 6.24. The van der Waals surface area contributed by atoms with Crippen LogP contribution in [-0.4, -0.2) is 48.6 Å². The summed E-state index contributed by atoms with van der Waals surface area (Å²) in [5, 5.41) is 9.12. The Morgan fingerprint density at radius 3 is 2.41 bits per heavy atom. The lowest BCUT2D eigenvalue weighted by molar-refractivity contribution is -0.123. The number of urea groups is 1. The van der Waals surface area contributed by atoms with Crippen molar-refractivity contribution in [1.82, 2.24) is 15.5 Å². The van der Waals surface area contributed by atoms with Crippen LogP contribution in [0.5, 0.6) is 0 Å². The highest BCUT2D eigenvalue weighted by Gasteiger charge is 2.25. The zero-order chi connectivity index (χ0) is 19.1. The van der Waals surface area contributed by atoms with Crippen LogP contribution >= 0.6 is 0 Å². The van der Waals surface area contributed by atoms with E-state index in [9.17, 15) is 9.59 Å². The summed E-state index contributed by atoms with van der Waals surface area (Å²) < 4.78 is 0. The van der Waals surface area contributed by atoms with Gasteiger partial charge in [0, 0.05) is 30.9 Å². The summed E-state index contributed by atoms with van der Waals surface area (Å²) in [6.45, 7) is 4.38. The van der Waals surface area contributed by atoms with Crippen LogP contribution in [0.4, 0.5) is 10.5 Å². The van der Waals surface area contributed by atoms with Crippen LogP contribution in [0.25, 0.3) is 0 Å². The second-order valence-corrected chi connectivity index (χ2v) is 7.95. The van der Waals surface area contributed by atoms with Gasteiger partial charge in [0.2, 0.25) is 5.91 Å². The smallest absolute Gasteiger partial charge is 0.319 e. The minimum atomic E-state index is -0.163. The molecule has 1 heterocycles. The van der Waals surface area contributed by atoms with Crippen molar-refractivity contribution < 1.29 is 9.59 Å². The maximum absolute atomic E-state index is 12.4. The molecule has 2 atom stereocenters. The van der Waals surface area contributed by atoms with Crippen LogP contribution in [0.2, 0.25) is 0 Å². The van der Waals surface area contributed by atoms with Crippen LogP contribution in [-0.2, 0) is 4.79 Å². The molecule has 0 bridgehead atoms. The summed E-state index contributed by atoms with van der Waals surface area (Å²) in [4.78, 5) is 26.6. The van der Waals surface area contributed by atoms with Crippen LogP contribution in [0.3, 0.4) is 0 Å². The number of carbonyl (C=O) groups is 2. The molecule has 3 rings (SSSR count). The fourth-order valence-corrected chi connectivity index (χ4v) is 4.10. The monoisotopic (exact) mass is 372 g/mol. The summed E-state index contributed by atoms with van der Waals surface area (Å²) in [6.07, 6.45) is 6.57. The number of benzene rings is 1. The maximum atomic E-state index is 12.4. The lowest BCUT2D eigenvalue weighted by Crippen LogP contribution is -2.50. The van der Waals surface area contributed by atoms with E-state index in [1.54, 1.807) is 0 Å². The Hall–Kier alpha value is -2.08. The Morgan fingerprint density at radius 1 is 1.00 bits per heavy atom. The fourth-order valence-electron chi connectivity index (χ4n) is 4.10. The van der Waals surface area contributed by atoms with Gasteiger partial charge in [-0.3, -0.25) is 9.69 Å². The highest BCUT2D eigenvalue weighted by molar-refractivity contribution is 5.89. The van der Waals surface area contributed by atoms with E-state index in [4.69, 9.17) is 0 Å². The molecule has 2 aliphatic rings. The SMILES string of the molecule is C[C@@H]1CCCC[C@H]1NC(=O)CN1CCC(NC(=O)Nc2ccccc2)CC1. The quantitative estimate of drug-likeness (QED) is 0.744. The molecular formula is C21H32N4O2. The number of piperidine rings is 1. The molecule has 1 saturated carbocycles. The molecule has 0 aromatic heterocycles. The van der Waals surface area contributed by atoms with Crippen LogP contribution < -0.4 is 16.0 Å². The van der Waals surface area contributed by atoms with Crippen molar-refractivity contribution in [2.45, 2.75) is 57.5 Å². The van der Waals surface area contributed by atoms with Gasteiger partial charge in [0.15, 0.2) is 0 Å². The van der Waals surface area contributed by atoms with Crippen molar-refractivity contribution in [3.8, 4) is 0 Å². The average molecular weight is 373 g/mol. The van der Waals surface area contributed by atoms with Gasteiger partial charge in [0.05, 0.1) is 6.54 Å². The Morgan fingerprint density at radius 2 is 1.70 bits per heavy atom. The van der Waals surface area contributed by atoms with Crippen molar-refractivity contribution in [2.24, 2.45) is 5.92 Å². The molecule has 148 valence electrons. The maximum Gasteiger partial charge on any atom is 0.319 e. The van der Waals surface area contributed by atoms with E-state index in [-0.39, 0.29) is 18.0 Å². The fraction of sp³-hybridized carbons (Fsp3) is 0.619. The highest BCUT2D eigenvalue weighted by Crippen LogP contribution is 2.23. The lowest BCUT2D eigenvalue weighted by atomic mass is 9.86.